The fourth-order valence-corrected chi connectivity index (χ4v) is 1.21. The van der Waals surface area contributed by atoms with Gasteiger partial charge in [-0.05, 0) is 26.8 Å². The zero-order valence-electron chi connectivity index (χ0n) is 9.91. The molecule has 0 aliphatic rings. The van der Waals surface area contributed by atoms with Gasteiger partial charge in [0, 0.05) is 13.2 Å². The summed E-state index contributed by atoms with van der Waals surface area (Å²) in [4.78, 5) is 22.0. The lowest BCUT2D eigenvalue weighted by molar-refractivity contribution is -0.125. The molecule has 6 nitrogen and oxygen atoms in total. The van der Waals surface area contributed by atoms with Crippen molar-refractivity contribution in [2.24, 2.45) is 5.73 Å². The molecule has 4 N–H and O–H groups in total. The van der Waals surface area contributed by atoms with E-state index in [1.54, 1.807) is 7.05 Å². The summed E-state index contributed by atoms with van der Waals surface area (Å²) in [7, 11) is 1.68. The molecule has 0 aromatic heterocycles. The number of likely N-dealkylation sites (N-methyl/N-ethyl adjacent to an activating group) is 1. The van der Waals surface area contributed by atoms with Crippen LogP contribution in [0.4, 0.5) is 0 Å². The maximum Gasteiger partial charge on any atom is 0.245 e. The number of nitrogens with two attached hydrogens (primary N) is 1. The molecule has 0 aromatic rings. The Morgan fingerprint density at radius 1 is 1.44 bits per heavy atom. The first-order valence-electron chi connectivity index (χ1n) is 5.42. The van der Waals surface area contributed by atoms with Crippen LogP contribution >= 0.6 is 0 Å². The van der Waals surface area contributed by atoms with Crippen molar-refractivity contribution in [1.82, 2.24) is 10.6 Å². The Labute approximate surface area is 95.9 Å². The number of nitrogens with one attached hydrogen (secondary N) is 2. The van der Waals surface area contributed by atoms with Gasteiger partial charge in [-0.25, -0.2) is 0 Å². The molecule has 0 aromatic carbocycles. The second kappa shape index (κ2) is 9.11. The molecular weight excluding hydrogens is 210 g/mol. The van der Waals surface area contributed by atoms with Gasteiger partial charge in [0.1, 0.15) is 6.61 Å². The Morgan fingerprint density at radius 3 is 2.62 bits per heavy atom. The first-order chi connectivity index (χ1) is 7.61. The van der Waals surface area contributed by atoms with Crippen molar-refractivity contribution in [2.75, 3.05) is 26.8 Å². The van der Waals surface area contributed by atoms with Crippen LogP contribution in [0.5, 0.6) is 0 Å². The van der Waals surface area contributed by atoms with E-state index in [0.717, 1.165) is 0 Å². The number of carbonyl (C=O) groups is 2. The molecule has 0 aliphatic carbocycles. The molecule has 16 heavy (non-hydrogen) atoms. The summed E-state index contributed by atoms with van der Waals surface area (Å²) in [6.07, 6.45) is 1.31. The molecular formula is C10H21N3O3. The predicted molar refractivity (Wildman–Crippen MR) is 60.8 cm³/mol. The van der Waals surface area contributed by atoms with Crippen LogP contribution in [0.25, 0.3) is 0 Å². The van der Waals surface area contributed by atoms with Crippen LogP contribution in [-0.4, -0.2) is 44.7 Å². The summed E-state index contributed by atoms with van der Waals surface area (Å²) in [5, 5.41) is 5.50. The molecule has 0 spiro atoms. The highest BCUT2D eigenvalue weighted by Crippen LogP contribution is 1.94. The Bertz CT molecular complexity index is 221. The third-order valence-electron chi connectivity index (χ3n) is 2.12. The van der Waals surface area contributed by atoms with Gasteiger partial charge in [0.05, 0.1) is 6.04 Å². The van der Waals surface area contributed by atoms with Gasteiger partial charge in [-0.1, -0.05) is 0 Å². The highest BCUT2D eigenvalue weighted by molar-refractivity contribution is 5.79. The second-order valence-corrected chi connectivity index (χ2v) is 3.37. The highest BCUT2D eigenvalue weighted by atomic mass is 16.5. The van der Waals surface area contributed by atoms with Gasteiger partial charge in [0.2, 0.25) is 11.8 Å². The largest absolute Gasteiger partial charge is 0.372 e. The first-order valence-corrected chi connectivity index (χ1v) is 5.42. The molecule has 0 heterocycles. The van der Waals surface area contributed by atoms with Crippen molar-refractivity contribution in [1.29, 1.82) is 0 Å². The van der Waals surface area contributed by atoms with Crippen LogP contribution in [0.1, 0.15) is 19.8 Å². The van der Waals surface area contributed by atoms with Crippen LogP contribution in [0.2, 0.25) is 0 Å². The molecule has 1 unspecified atom stereocenters. The zero-order valence-corrected chi connectivity index (χ0v) is 9.91. The molecule has 1 atom stereocenters. The number of hydrogen-bond donors (Lipinski definition) is 3. The molecule has 0 bridgehead atoms. The third kappa shape index (κ3) is 7.19. The van der Waals surface area contributed by atoms with Gasteiger partial charge in [-0.3, -0.25) is 9.59 Å². The normalized spacial score (nSPS) is 12.1. The van der Waals surface area contributed by atoms with Crippen molar-refractivity contribution < 1.29 is 14.3 Å². The van der Waals surface area contributed by atoms with Gasteiger partial charge < -0.3 is 21.1 Å². The van der Waals surface area contributed by atoms with Gasteiger partial charge in [-0.2, -0.15) is 0 Å². The Hall–Kier alpha value is -1.14. The van der Waals surface area contributed by atoms with Crippen LogP contribution in [-0.2, 0) is 14.3 Å². The summed E-state index contributed by atoms with van der Waals surface area (Å²) in [5.74, 6) is -0.509. The van der Waals surface area contributed by atoms with Crippen molar-refractivity contribution in [3.05, 3.63) is 0 Å². The SMILES string of the molecule is CCOCC(=O)NCCCC(NC)C(N)=O. The lowest BCUT2D eigenvalue weighted by atomic mass is 10.1. The number of ether oxygens (including phenoxy) is 1. The van der Waals surface area contributed by atoms with E-state index in [2.05, 4.69) is 10.6 Å². The maximum absolute atomic E-state index is 11.1. The molecule has 0 radical (unpaired) electrons. The minimum atomic E-state index is -0.372. The van der Waals surface area contributed by atoms with E-state index in [1.807, 2.05) is 6.92 Å². The smallest absolute Gasteiger partial charge is 0.245 e. The standard InChI is InChI=1S/C10H21N3O3/c1-3-16-7-9(14)13-6-4-5-8(12-2)10(11)15/h8,12H,3-7H2,1-2H3,(H2,11,15)(H,13,14). The Balaban J connectivity index is 3.51. The first kappa shape index (κ1) is 14.9. The van der Waals surface area contributed by atoms with E-state index in [-0.39, 0.29) is 24.5 Å². The van der Waals surface area contributed by atoms with E-state index in [0.29, 0.717) is 26.0 Å². The maximum atomic E-state index is 11.1. The summed E-state index contributed by atoms with van der Waals surface area (Å²) < 4.78 is 4.93. The zero-order chi connectivity index (χ0) is 12.4. The average Bonchev–Trinajstić information content (AvgIpc) is 2.25. The third-order valence-corrected chi connectivity index (χ3v) is 2.12. The summed E-state index contributed by atoms with van der Waals surface area (Å²) in [6, 6.07) is -0.330. The van der Waals surface area contributed by atoms with E-state index < -0.39 is 0 Å². The van der Waals surface area contributed by atoms with Gasteiger partial charge in [-0.15, -0.1) is 0 Å². The van der Waals surface area contributed by atoms with Gasteiger partial charge in [0.25, 0.3) is 0 Å². The number of amides is 2. The van der Waals surface area contributed by atoms with E-state index in [4.69, 9.17) is 10.5 Å². The number of hydrogen-bond acceptors (Lipinski definition) is 4. The van der Waals surface area contributed by atoms with Crippen molar-refractivity contribution in [3.8, 4) is 0 Å². The minimum absolute atomic E-state index is 0.0851. The van der Waals surface area contributed by atoms with Crippen molar-refractivity contribution in [3.63, 3.8) is 0 Å². The summed E-state index contributed by atoms with van der Waals surface area (Å²) in [5.41, 5.74) is 5.15. The Kier molecular flexibility index (Phi) is 8.46. The van der Waals surface area contributed by atoms with Crippen LogP contribution in [0.15, 0.2) is 0 Å². The minimum Gasteiger partial charge on any atom is -0.372 e. The quantitative estimate of drug-likeness (QED) is 0.443. The topological polar surface area (TPSA) is 93.4 Å². The van der Waals surface area contributed by atoms with Crippen LogP contribution in [0, 0.1) is 0 Å². The molecule has 6 heteroatoms. The molecule has 0 saturated heterocycles. The summed E-state index contributed by atoms with van der Waals surface area (Å²) in [6.45, 7) is 2.97. The highest BCUT2D eigenvalue weighted by Gasteiger charge is 2.11. The van der Waals surface area contributed by atoms with E-state index >= 15 is 0 Å². The van der Waals surface area contributed by atoms with Gasteiger partial charge >= 0.3 is 0 Å². The molecule has 0 rings (SSSR count). The fourth-order valence-electron chi connectivity index (χ4n) is 1.21. The monoisotopic (exact) mass is 231 g/mol. The van der Waals surface area contributed by atoms with E-state index in [9.17, 15) is 9.59 Å². The molecule has 0 aliphatic heterocycles. The van der Waals surface area contributed by atoms with Crippen LogP contribution < -0.4 is 16.4 Å². The second-order valence-electron chi connectivity index (χ2n) is 3.37. The molecule has 2 amide bonds. The lowest BCUT2D eigenvalue weighted by Gasteiger charge is -2.12. The van der Waals surface area contributed by atoms with Crippen molar-refractivity contribution >= 4 is 11.8 Å². The molecule has 94 valence electrons. The fraction of sp³-hybridized carbons (Fsp3) is 0.800. The number of primary amides is 1. The lowest BCUT2D eigenvalue weighted by Crippen LogP contribution is -2.39. The van der Waals surface area contributed by atoms with Crippen molar-refractivity contribution in [2.45, 2.75) is 25.8 Å². The van der Waals surface area contributed by atoms with Crippen LogP contribution in [0.3, 0.4) is 0 Å². The number of carbonyl (C=O) groups excluding carboxylic acids is 2. The molecule has 0 saturated carbocycles. The summed E-state index contributed by atoms with van der Waals surface area (Å²) >= 11 is 0. The molecule has 0 fully saturated rings. The number of rotatable bonds is 9. The van der Waals surface area contributed by atoms with Gasteiger partial charge in [0.15, 0.2) is 0 Å². The predicted octanol–water partition coefficient (Wildman–Crippen LogP) is -1.01. The average molecular weight is 231 g/mol. The van der Waals surface area contributed by atoms with E-state index in [1.165, 1.54) is 0 Å². The Morgan fingerprint density at radius 2 is 2.12 bits per heavy atom.